The Balaban J connectivity index is 1.45. The summed E-state index contributed by atoms with van der Waals surface area (Å²) < 4.78 is 17.2. The van der Waals surface area contributed by atoms with Crippen LogP contribution in [0.3, 0.4) is 0 Å². The number of rotatable bonds is 3. The van der Waals surface area contributed by atoms with Gasteiger partial charge in [-0.2, -0.15) is 10.2 Å². The minimum absolute atomic E-state index is 0.108. The van der Waals surface area contributed by atoms with Gasteiger partial charge >= 0.3 is 0 Å². The summed E-state index contributed by atoms with van der Waals surface area (Å²) in [5, 5.41) is 8.50. The number of hydrogen-bond acceptors (Lipinski definition) is 3. The number of para-hydroxylation sites is 1. The van der Waals surface area contributed by atoms with E-state index in [1.807, 2.05) is 28.9 Å². The van der Waals surface area contributed by atoms with Crippen LogP contribution < -0.4 is 0 Å². The summed E-state index contributed by atoms with van der Waals surface area (Å²) in [6, 6.07) is 10.1. The maximum absolute atomic E-state index is 13.9. The normalized spacial score (nSPS) is 15.4. The lowest BCUT2D eigenvalue weighted by molar-refractivity contribution is 0.0705. The molecule has 2 aromatic heterocycles. The first kappa shape index (κ1) is 16.5. The van der Waals surface area contributed by atoms with E-state index in [2.05, 4.69) is 10.2 Å². The monoisotopic (exact) mass is 353 g/mol. The highest BCUT2D eigenvalue weighted by atomic mass is 19.1. The quantitative estimate of drug-likeness (QED) is 0.728. The van der Waals surface area contributed by atoms with Crippen LogP contribution in [-0.4, -0.2) is 43.5 Å². The van der Waals surface area contributed by atoms with Crippen molar-refractivity contribution in [3.8, 4) is 5.69 Å². The number of benzene rings is 1. The molecule has 3 aromatic rings. The Kier molecular flexibility index (Phi) is 4.28. The van der Waals surface area contributed by atoms with Gasteiger partial charge in [-0.05, 0) is 37.1 Å². The van der Waals surface area contributed by atoms with Crippen molar-refractivity contribution in [3.05, 3.63) is 66.0 Å². The summed E-state index contributed by atoms with van der Waals surface area (Å²) in [5.74, 6) is -0.0577. The van der Waals surface area contributed by atoms with Crippen molar-refractivity contribution in [3.63, 3.8) is 0 Å². The van der Waals surface area contributed by atoms with Crippen LogP contribution in [0.15, 0.2) is 48.8 Å². The molecule has 0 unspecified atom stereocenters. The second-order valence-corrected chi connectivity index (χ2v) is 6.54. The second kappa shape index (κ2) is 6.74. The summed E-state index contributed by atoms with van der Waals surface area (Å²) >= 11 is 0. The van der Waals surface area contributed by atoms with Gasteiger partial charge in [-0.1, -0.05) is 12.1 Å². The molecule has 4 rings (SSSR count). The number of carbonyl (C=O) groups excluding carboxylic acids is 1. The minimum atomic E-state index is -0.369. The van der Waals surface area contributed by atoms with Crippen molar-refractivity contribution >= 4 is 5.91 Å². The topological polar surface area (TPSA) is 56.0 Å². The van der Waals surface area contributed by atoms with Crippen molar-refractivity contribution in [2.75, 3.05) is 13.1 Å². The first-order valence-corrected chi connectivity index (χ1v) is 8.71. The molecule has 1 saturated heterocycles. The Labute approximate surface area is 150 Å². The SMILES string of the molecule is Cn1nccc1C1CCN(C(=O)c2ccn(-c3ccccc3F)n2)CC1. The summed E-state index contributed by atoms with van der Waals surface area (Å²) in [5.41, 5.74) is 1.88. The van der Waals surface area contributed by atoms with Crippen LogP contribution in [0, 0.1) is 5.82 Å². The molecule has 0 spiro atoms. The van der Waals surface area contributed by atoms with E-state index < -0.39 is 0 Å². The third-order valence-electron chi connectivity index (χ3n) is 4.97. The Bertz CT molecular complexity index is 923. The van der Waals surface area contributed by atoms with E-state index in [-0.39, 0.29) is 11.7 Å². The molecule has 6 nitrogen and oxygen atoms in total. The van der Waals surface area contributed by atoms with Gasteiger partial charge in [0, 0.05) is 44.1 Å². The predicted octanol–water partition coefficient (Wildman–Crippen LogP) is 2.76. The van der Waals surface area contributed by atoms with E-state index in [1.165, 1.54) is 16.4 Å². The largest absolute Gasteiger partial charge is 0.337 e. The van der Waals surface area contributed by atoms with E-state index in [9.17, 15) is 9.18 Å². The second-order valence-electron chi connectivity index (χ2n) is 6.54. The lowest BCUT2D eigenvalue weighted by Crippen LogP contribution is -2.38. The van der Waals surface area contributed by atoms with Crippen LogP contribution in [0.4, 0.5) is 4.39 Å². The molecule has 1 fully saturated rings. The molecule has 1 aliphatic rings. The van der Waals surface area contributed by atoms with Crippen LogP contribution in [-0.2, 0) is 7.05 Å². The number of nitrogens with zero attached hydrogens (tertiary/aromatic N) is 5. The average molecular weight is 353 g/mol. The molecule has 1 amide bonds. The van der Waals surface area contributed by atoms with Crippen LogP contribution in [0.5, 0.6) is 0 Å². The molecule has 0 atom stereocenters. The highest BCUT2D eigenvalue weighted by molar-refractivity contribution is 5.92. The van der Waals surface area contributed by atoms with Crippen molar-refractivity contribution in [2.24, 2.45) is 7.05 Å². The molecule has 3 heterocycles. The van der Waals surface area contributed by atoms with Crippen molar-refractivity contribution in [1.29, 1.82) is 0 Å². The van der Waals surface area contributed by atoms with Gasteiger partial charge in [0.1, 0.15) is 11.5 Å². The van der Waals surface area contributed by atoms with Crippen molar-refractivity contribution < 1.29 is 9.18 Å². The molecular formula is C19H20FN5O. The van der Waals surface area contributed by atoms with E-state index >= 15 is 0 Å². The molecule has 134 valence electrons. The number of hydrogen-bond donors (Lipinski definition) is 0. The third kappa shape index (κ3) is 3.00. The fourth-order valence-electron chi connectivity index (χ4n) is 3.53. The van der Waals surface area contributed by atoms with Gasteiger partial charge in [0.15, 0.2) is 5.69 Å². The maximum Gasteiger partial charge on any atom is 0.274 e. The first-order valence-electron chi connectivity index (χ1n) is 8.71. The Morgan fingerprint density at radius 2 is 1.92 bits per heavy atom. The molecule has 26 heavy (non-hydrogen) atoms. The van der Waals surface area contributed by atoms with E-state index in [1.54, 1.807) is 30.5 Å². The zero-order chi connectivity index (χ0) is 18.1. The van der Waals surface area contributed by atoms with Gasteiger partial charge in [0.05, 0.1) is 0 Å². The fraction of sp³-hybridized carbons (Fsp3) is 0.316. The lowest BCUT2D eigenvalue weighted by atomic mass is 9.93. The van der Waals surface area contributed by atoms with Crippen LogP contribution in [0.25, 0.3) is 5.69 Å². The van der Waals surface area contributed by atoms with Crippen LogP contribution in [0.2, 0.25) is 0 Å². The average Bonchev–Trinajstić information content (AvgIpc) is 3.31. The number of carbonyl (C=O) groups is 1. The Morgan fingerprint density at radius 1 is 1.15 bits per heavy atom. The summed E-state index contributed by atoms with van der Waals surface area (Å²) in [4.78, 5) is 14.5. The number of likely N-dealkylation sites (tertiary alicyclic amines) is 1. The number of halogens is 1. The highest BCUT2D eigenvalue weighted by Gasteiger charge is 2.27. The molecule has 1 aliphatic heterocycles. The van der Waals surface area contributed by atoms with Gasteiger partial charge in [-0.25, -0.2) is 9.07 Å². The molecule has 0 saturated carbocycles. The van der Waals surface area contributed by atoms with Crippen molar-refractivity contribution in [2.45, 2.75) is 18.8 Å². The van der Waals surface area contributed by atoms with Gasteiger partial charge in [0.25, 0.3) is 5.91 Å². The Hall–Kier alpha value is -2.96. The fourth-order valence-corrected chi connectivity index (χ4v) is 3.53. The zero-order valence-corrected chi connectivity index (χ0v) is 14.5. The van der Waals surface area contributed by atoms with E-state index in [0.29, 0.717) is 30.4 Å². The molecular weight excluding hydrogens is 333 g/mol. The highest BCUT2D eigenvalue weighted by Crippen LogP contribution is 2.28. The maximum atomic E-state index is 13.9. The molecule has 0 N–H and O–H groups in total. The van der Waals surface area contributed by atoms with Crippen LogP contribution >= 0.6 is 0 Å². The van der Waals surface area contributed by atoms with Crippen LogP contribution in [0.1, 0.15) is 34.9 Å². The number of aromatic nitrogens is 4. The molecule has 7 heteroatoms. The van der Waals surface area contributed by atoms with Gasteiger partial charge in [-0.3, -0.25) is 9.48 Å². The minimum Gasteiger partial charge on any atom is -0.337 e. The summed E-state index contributed by atoms with van der Waals surface area (Å²) in [7, 11) is 1.95. The molecule has 0 aliphatic carbocycles. The number of piperidine rings is 1. The summed E-state index contributed by atoms with van der Waals surface area (Å²) in [6.45, 7) is 1.36. The standard InChI is InChI=1S/C19H20FN5O/c1-23-17(6-10-21-23)14-7-11-24(12-8-14)19(26)16-9-13-25(22-16)18-5-3-2-4-15(18)20/h2-6,9-10,13-14H,7-8,11-12H2,1H3. The number of aryl methyl sites for hydroxylation is 1. The Morgan fingerprint density at radius 3 is 2.62 bits per heavy atom. The predicted molar refractivity (Wildman–Crippen MR) is 94.6 cm³/mol. The number of amides is 1. The van der Waals surface area contributed by atoms with E-state index in [0.717, 1.165) is 12.8 Å². The lowest BCUT2D eigenvalue weighted by Gasteiger charge is -2.31. The zero-order valence-electron chi connectivity index (χ0n) is 14.5. The molecule has 0 bridgehead atoms. The third-order valence-corrected chi connectivity index (χ3v) is 4.97. The van der Waals surface area contributed by atoms with Crippen molar-refractivity contribution in [1.82, 2.24) is 24.5 Å². The van der Waals surface area contributed by atoms with Gasteiger partial charge in [0.2, 0.25) is 0 Å². The van der Waals surface area contributed by atoms with E-state index in [4.69, 9.17) is 0 Å². The smallest absolute Gasteiger partial charge is 0.274 e. The molecule has 1 aromatic carbocycles. The van der Waals surface area contributed by atoms with Gasteiger partial charge < -0.3 is 4.90 Å². The van der Waals surface area contributed by atoms with Gasteiger partial charge in [-0.15, -0.1) is 0 Å². The first-order chi connectivity index (χ1) is 12.6. The molecule has 0 radical (unpaired) electrons. The summed E-state index contributed by atoms with van der Waals surface area (Å²) in [6.07, 6.45) is 5.23.